The van der Waals surface area contributed by atoms with Gasteiger partial charge in [0.25, 0.3) is 0 Å². The third-order valence-corrected chi connectivity index (χ3v) is 4.76. The molecule has 0 heterocycles. The Labute approximate surface area is 164 Å². The van der Waals surface area contributed by atoms with Crippen LogP contribution in [0, 0.1) is 52.4 Å². The van der Waals surface area contributed by atoms with Crippen LogP contribution in [-0.2, 0) is 11.5 Å². The standard InChI is InChI=1S/C16HF15O/c17-4-1-2(5(18)9(22)8(4)21)14(26,27)16(30,31)15(28,29)13(1,32)3-6(19)10(23)12(25)11(24)7(3)20/h32H. The van der Waals surface area contributed by atoms with Gasteiger partial charge in [0.2, 0.25) is 5.82 Å². The Morgan fingerprint density at radius 1 is 0.375 bits per heavy atom. The van der Waals surface area contributed by atoms with Crippen LogP contribution in [0.1, 0.15) is 16.7 Å². The monoisotopic (exact) mass is 494 g/mol. The van der Waals surface area contributed by atoms with Crippen LogP contribution < -0.4 is 0 Å². The zero-order chi connectivity index (χ0) is 24.9. The van der Waals surface area contributed by atoms with Gasteiger partial charge in [-0.1, -0.05) is 0 Å². The lowest BCUT2D eigenvalue weighted by molar-refractivity contribution is -0.369. The summed E-state index contributed by atoms with van der Waals surface area (Å²) in [6, 6.07) is 0. The van der Waals surface area contributed by atoms with E-state index in [2.05, 4.69) is 0 Å². The van der Waals surface area contributed by atoms with Crippen molar-refractivity contribution in [3.05, 3.63) is 69.0 Å². The molecule has 16 heteroatoms. The summed E-state index contributed by atoms with van der Waals surface area (Å²) < 4.78 is 209. The molecule has 2 aromatic rings. The maximum absolute atomic E-state index is 14.5. The minimum absolute atomic E-state index is 3.12. The Morgan fingerprint density at radius 2 is 0.656 bits per heavy atom. The molecule has 0 radical (unpaired) electrons. The molecule has 1 aliphatic carbocycles. The topological polar surface area (TPSA) is 20.2 Å². The third kappa shape index (κ3) is 2.33. The van der Waals surface area contributed by atoms with Gasteiger partial charge < -0.3 is 5.11 Å². The van der Waals surface area contributed by atoms with E-state index in [-0.39, 0.29) is 0 Å². The molecule has 0 aliphatic heterocycles. The van der Waals surface area contributed by atoms with E-state index in [1.807, 2.05) is 0 Å². The minimum atomic E-state index is -7.19. The second-order valence-electron chi connectivity index (χ2n) is 6.38. The van der Waals surface area contributed by atoms with Crippen molar-refractivity contribution in [2.24, 2.45) is 0 Å². The van der Waals surface area contributed by atoms with E-state index >= 15 is 0 Å². The van der Waals surface area contributed by atoms with Gasteiger partial charge in [0, 0.05) is 5.56 Å². The molecule has 2 aromatic carbocycles. The Morgan fingerprint density at radius 3 is 1.03 bits per heavy atom. The van der Waals surface area contributed by atoms with Crippen LogP contribution in [0.15, 0.2) is 0 Å². The van der Waals surface area contributed by atoms with Crippen LogP contribution in [0.2, 0.25) is 0 Å². The molecule has 1 atom stereocenters. The average Bonchev–Trinajstić information content (AvgIpc) is 2.70. The van der Waals surface area contributed by atoms with Gasteiger partial charge in [-0.3, -0.25) is 0 Å². The molecule has 176 valence electrons. The van der Waals surface area contributed by atoms with Crippen molar-refractivity contribution in [3.63, 3.8) is 0 Å². The van der Waals surface area contributed by atoms with Gasteiger partial charge in [-0.15, -0.1) is 0 Å². The number of hydrogen-bond acceptors (Lipinski definition) is 1. The van der Waals surface area contributed by atoms with Gasteiger partial charge in [-0.25, -0.2) is 39.5 Å². The molecular formula is C16HF15O. The maximum atomic E-state index is 14.5. The molecule has 0 saturated heterocycles. The fourth-order valence-electron chi connectivity index (χ4n) is 3.21. The van der Waals surface area contributed by atoms with Crippen LogP contribution in [0.25, 0.3) is 0 Å². The summed E-state index contributed by atoms with van der Waals surface area (Å²) in [5.74, 6) is -51.3. The highest BCUT2D eigenvalue weighted by atomic mass is 19.3. The first kappa shape index (κ1) is 24.0. The summed E-state index contributed by atoms with van der Waals surface area (Å²) >= 11 is 0. The number of benzene rings is 2. The number of halogens is 15. The summed E-state index contributed by atoms with van der Waals surface area (Å²) in [6.07, 6.45) is 0. The first-order chi connectivity index (χ1) is 14.3. The van der Waals surface area contributed by atoms with E-state index < -0.39 is 92.4 Å². The lowest BCUT2D eigenvalue weighted by Crippen LogP contribution is -2.68. The van der Waals surface area contributed by atoms with Gasteiger partial charge in [-0.05, 0) is 0 Å². The van der Waals surface area contributed by atoms with Crippen LogP contribution in [-0.4, -0.2) is 17.0 Å². The van der Waals surface area contributed by atoms with Gasteiger partial charge >= 0.3 is 17.8 Å². The summed E-state index contributed by atoms with van der Waals surface area (Å²) in [5, 5.41) is 10.1. The number of rotatable bonds is 1. The van der Waals surface area contributed by atoms with E-state index in [0.717, 1.165) is 0 Å². The van der Waals surface area contributed by atoms with Crippen molar-refractivity contribution in [2.45, 2.75) is 23.4 Å². The number of fused-ring (bicyclic) bond motifs is 1. The van der Waals surface area contributed by atoms with Gasteiger partial charge in [-0.2, -0.15) is 26.3 Å². The normalized spacial score (nSPS) is 23.2. The lowest BCUT2D eigenvalue weighted by Gasteiger charge is -2.48. The fourth-order valence-corrected chi connectivity index (χ4v) is 3.21. The lowest BCUT2D eigenvalue weighted by atomic mass is 9.68. The molecule has 1 aliphatic rings. The van der Waals surface area contributed by atoms with Crippen molar-refractivity contribution in [2.75, 3.05) is 0 Å². The van der Waals surface area contributed by atoms with Crippen LogP contribution in [0.3, 0.4) is 0 Å². The number of hydrogen-bond donors (Lipinski definition) is 1. The van der Waals surface area contributed by atoms with Crippen molar-refractivity contribution in [3.8, 4) is 0 Å². The van der Waals surface area contributed by atoms with Crippen molar-refractivity contribution < 1.29 is 71.0 Å². The Kier molecular flexibility index (Phi) is 4.84. The van der Waals surface area contributed by atoms with Crippen molar-refractivity contribution in [1.82, 2.24) is 0 Å². The quantitative estimate of drug-likeness (QED) is 0.313. The molecular weight excluding hydrogens is 493 g/mol. The first-order valence-corrected chi connectivity index (χ1v) is 7.56. The summed E-state index contributed by atoms with van der Waals surface area (Å²) in [6.45, 7) is 0. The molecule has 1 nitrogen and oxygen atoms in total. The summed E-state index contributed by atoms with van der Waals surface area (Å²) in [7, 11) is 0. The zero-order valence-electron chi connectivity index (χ0n) is 14.1. The molecule has 0 fully saturated rings. The predicted octanol–water partition coefficient (Wildman–Crippen LogP) is 5.55. The molecule has 3 rings (SSSR count). The predicted molar refractivity (Wildman–Crippen MR) is 69.3 cm³/mol. The van der Waals surface area contributed by atoms with E-state index in [1.165, 1.54) is 0 Å². The molecule has 0 amide bonds. The maximum Gasteiger partial charge on any atom is 0.380 e. The van der Waals surface area contributed by atoms with Gasteiger partial charge in [0.05, 0.1) is 11.1 Å². The second-order valence-corrected chi connectivity index (χ2v) is 6.38. The third-order valence-electron chi connectivity index (χ3n) is 4.76. The largest absolute Gasteiger partial charge is 0.380 e. The molecule has 0 spiro atoms. The highest BCUT2D eigenvalue weighted by Crippen LogP contribution is 2.66. The number of aliphatic hydroxyl groups is 1. The van der Waals surface area contributed by atoms with E-state index in [0.29, 0.717) is 0 Å². The average molecular weight is 494 g/mol. The van der Waals surface area contributed by atoms with E-state index in [9.17, 15) is 71.0 Å². The highest BCUT2D eigenvalue weighted by Gasteiger charge is 2.85. The Balaban J connectivity index is 2.74. The van der Waals surface area contributed by atoms with E-state index in [1.54, 1.807) is 0 Å². The minimum Gasteiger partial charge on any atom is -0.374 e. The van der Waals surface area contributed by atoms with Crippen LogP contribution in [0.4, 0.5) is 65.9 Å². The Bertz CT molecular complexity index is 1140. The fraction of sp³-hybridized carbons (Fsp3) is 0.250. The highest BCUT2D eigenvalue weighted by molar-refractivity contribution is 5.53. The molecule has 1 N–H and O–H groups in total. The Hall–Kier alpha value is -2.65. The molecule has 0 aromatic heterocycles. The zero-order valence-corrected chi connectivity index (χ0v) is 14.1. The SMILES string of the molecule is OC1(c2c(F)c(F)c(F)c(F)c2F)c2c(F)c(F)c(F)c(F)c2C(F)(F)C(F)(F)C1(F)F. The van der Waals surface area contributed by atoms with Crippen LogP contribution in [0.5, 0.6) is 0 Å². The second kappa shape index (κ2) is 6.45. The molecule has 1 unspecified atom stereocenters. The number of alkyl halides is 6. The molecule has 0 saturated carbocycles. The van der Waals surface area contributed by atoms with Crippen LogP contribution >= 0.6 is 0 Å². The smallest absolute Gasteiger partial charge is 0.374 e. The first-order valence-electron chi connectivity index (χ1n) is 7.56. The molecule has 32 heavy (non-hydrogen) atoms. The summed E-state index contributed by atoms with van der Waals surface area (Å²) in [4.78, 5) is 0. The van der Waals surface area contributed by atoms with E-state index in [4.69, 9.17) is 0 Å². The van der Waals surface area contributed by atoms with Gasteiger partial charge in [0.1, 0.15) is 0 Å². The van der Waals surface area contributed by atoms with Crippen molar-refractivity contribution in [1.29, 1.82) is 0 Å². The summed E-state index contributed by atoms with van der Waals surface area (Å²) in [5.41, 5.74) is -16.5. The van der Waals surface area contributed by atoms with Crippen molar-refractivity contribution >= 4 is 0 Å². The van der Waals surface area contributed by atoms with Gasteiger partial charge in [0.15, 0.2) is 52.1 Å². The molecule has 0 bridgehead atoms.